The van der Waals surface area contributed by atoms with Crippen LogP contribution in [0.2, 0.25) is 0 Å². The number of rotatable bonds is 5. The topological polar surface area (TPSA) is 45.2 Å². The van der Waals surface area contributed by atoms with Gasteiger partial charge in [0.05, 0.1) is 12.1 Å². The Bertz CT molecular complexity index is 804. The average Bonchev–Trinajstić information content (AvgIpc) is 2.59. The molecule has 0 unspecified atom stereocenters. The monoisotopic (exact) mass is 314 g/mol. The van der Waals surface area contributed by atoms with Crippen LogP contribution < -0.4 is 5.32 Å². The Balaban J connectivity index is 1.80. The van der Waals surface area contributed by atoms with Crippen LogP contribution >= 0.6 is 0 Å². The van der Waals surface area contributed by atoms with E-state index in [0.717, 1.165) is 16.5 Å². The number of nitrogens with one attached hydrogen (secondary N) is 1. The predicted molar refractivity (Wildman–Crippen MR) is 86.4 cm³/mol. The van der Waals surface area contributed by atoms with Crippen LogP contribution in [0.4, 0.5) is 14.6 Å². The maximum atomic E-state index is 12.5. The van der Waals surface area contributed by atoms with Crippen LogP contribution in [0.1, 0.15) is 23.1 Å². The van der Waals surface area contributed by atoms with Gasteiger partial charge >= 0.3 is 0 Å². The van der Waals surface area contributed by atoms with Gasteiger partial charge in [0.2, 0.25) is 0 Å². The lowest BCUT2D eigenvalue weighted by Gasteiger charge is -2.11. The van der Waals surface area contributed by atoms with Crippen molar-refractivity contribution in [3.05, 3.63) is 71.3 Å². The molecule has 0 spiro atoms. The molecular formula is C18H16F2N2O. The van der Waals surface area contributed by atoms with E-state index in [1.54, 1.807) is 12.1 Å². The summed E-state index contributed by atoms with van der Waals surface area (Å²) in [5, 5.41) is 13.6. The Morgan fingerprint density at radius 2 is 1.78 bits per heavy atom. The molecule has 0 bridgehead atoms. The number of benzene rings is 2. The van der Waals surface area contributed by atoms with Gasteiger partial charge in [-0.05, 0) is 17.7 Å². The van der Waals surface area contributed by atoms with Gasteiger partial charge in [-0.2, -0.15) is 0 Å². The molecule has 3 aromatic rings. The van der Waals surface area contributed by atoms with Crippen molar-refractivity contribution in [3.8, 4) is 0 Å². The zero-order valence-electron chi connectivity index (χ0n) is 12.3. The standard InChI is InChI=1S/C18H16F2N2O/c19-17(20)13-7-5-12(6-8-13)10-21-18-15(11-23)9-14-3-1-2-4-16(14)22-18/h1-9,17,23H,10-11H2,(H,21,22). The van der Waals surface area contributed by atoms with Crippen LogP contribution in [0.5, 0.6) is 0 Å². The van der Waals surface area contributed by atoms with Gasteiger partial charge in [-0.3, -0.25) is 0 Å². The number of para-hydroxylation sites is 1. The first-order valence-corrected chi connectivity index (χ1v) is 7.28. The molecule has 0 aliphatic carbocycles. The predicted octanol–water partition coefficient (Wildman–Crippen LogP) is 4.28. The quantitative estimate of drug-likeness (QED) is 0.739. The first kappa shape index (κ1) is 15.4. The number of alkyl halides is 2. The van der Waals surface area contributed by atoms with Crippen LogP contribution in [0.3, 0.4) is 0 Å². The lowest BCUT2D eigenvalue weighted by Crippen LogP contribution is -2.05. The third-order valence-electron chi connectivity index (χ3n) is 3.66. The molecule has 0 aliphatic rings. The van der Waals surface area contributed by atoms with Crippen LogP contribution in [-0.4, -0.2) is 10.1 Å². The fourth-order valence-corrected chi connectivity index (χ4v) is 2.40. The van der Waals surface area contributed by atoms with Crippen LogP contribution in [-0.2, 0) is 13.2 Å². The number of pyridine rings is 1. The summed E-state index contributed by atoms with van der Waals surface area (Å²) < 4.78 is 25.1. The Labute approximate surface area is 132 Å². The van der Waals surface area contributed by atoms with E-state index in [-0.39, 0.29) is 12.2 Å². The molecule has 2 N–H and O–H groups in total. The normalized spacial score (nSPS) is 11.1. The van der Waals surface area contributed by atoms with E-state index in [4.69, 9.17) is 0 Å². The van der Waals surface area contributed by atoms with Crippen molar-refractivity contribution < 1.29 is 13.9 Å². The summed E-state index contributed by atoms with van der Waals surface area (Å²) in [7, 11) is 0. The summed E-state index contributed by atoms with van der Waals surface area (Å²) in [5.74, 6) is 0.601. The van der Waals surface area contributed by atoms with E-state index in [2.05, 4.69) is 10.3 Å². The Hall–Kier alpha value is -2.53. The number of hydrogen-bond acceptors (Lipinski definition) is 3. The summed E-state index contributed by atoms with van der Waals surface area (Å²) in [6.45, 7) is 0.326. The molecule has 23 heavy (non-hydrogen) atoms. The summed E-state index contributed by atoms with van der Waals surface area (Å²) in [5.41, 5.74) is 2.41. The fourth-order valence-electron chi connectivity index (χ4n) is 2.40. The third kappa shape index (κ3) is 3.46. The zero-order valence-corrected chi connectivity index (χ0v) is 12.3. The van der Waals surface area contributed by atoms with Gasteiger partial charge in [0.15, 0.2) is 0 Å². The van der Waals surface area contributed by atoms with Crippen LogP contribution in [0.15, 0.2) is 54.6 Å². The summed E-state index contributed by atoms with van der Waals surface area (Å²) >= 11 is 0. The maximum absolute atomic E-state index is 12.5. The Morgan fingerprint density at radius 1 is 1.04 bits per heavy atom. The van der Waals surface area contributed by atoms with Gasteiger partial charge in [-0.15, -0.1) is 0 Å². The van der Waals surface area contributed by atoms with Gasteiger partial charge in [-0.25, -0.2) is 13.8 Å². The molecular weight excluding hydrogens is 298 g/mol. The van der Waals surface area contributed by atoms with Crippen molar-refractivity contribution >= 4 is 16.7 Å². The molecule has 1 aromatic heterocycles. The number of anilines is 1. The largest absolute Gasteiger partial charge is 0.392 e. The van der Waals surface area contributed by atoms with Crippen LogP contribution in [0, 0.1) is 0 Å². The van der Waals surface area contributed by atoms with E-state index in [0.29, 0.717) is 17.9 Å². The molecule has 0 saturated heterocycles. The first-order valence-electron chi connectivity index (χ1n) is 7.28. The molecule has 0 fully saturated rings. The molecule has 2 aromatic carbocycles. The maximum Gasteiger partial charge on any atom is 0.263 e. The number of nitrogens with zero attached hydrogens (tertiary/aromatic N) is 1. The molecule has 118 valence electrons. The molecule has 3 rings (SSSR count). The Morgan fingerprint density at radius 3 is 2.48 bits per heavy atom. The molecule has 0 aliphatic heterocycles. The zero-order chi connectivity index (χ0) is 16.2. The van der Waals surface area contributed by atoms with Gasteiger partial charge < -0.3 is 10.4 Å². The highest BCUT2D eigenvalue weighted by molar-refractivity contribution is 5.81. The lowest BCUT2D eigenvalue weighted by atomic mass is 10.1. The number of halogens is 2. The summed E-state index contributed by atoms with van der Waals surface area (Å²) in [4.78, 5) is 4.52. The number of aliphatic hydroxyl groups excluding tert-OH is 1. The minimum atomic E-state index is -2.46. The van der Waals surface area contributed by atoms with Crippen molar-refractivity contribution in [1.29, 1.82) is 0 Å². The molecule has 0 saturated carbocycles. The Kier molecular flexibility index (Phi) is 4.48. The fraction of sp³-hybridized carbons (Fsp3) is 0.167. The average molecular weight is 314 g/mol. The minimum absolute atomic E-state index is 0.00799. The van der Waals surface area contributed by atoms with E-state index in [1.165, 1.54) is 12.1 Å². The highest BCUT2D eigenvalue weighted by Gasteiger charge is 2.08. The third-order valence-corrected chi connectivity index (χ3v) is 3.66. The van der Waals surface area contributed by atoms with Gasteiger partial charge in [0.1, 0.15) is 5.82 Å². The van der Waals surface area contributed by atoms with Gasteiger partial charge in [0.25, 0.3) is 6.43 Å². The number of aromatic nitrogens is 1. The molecule has 0 atom stereocenters. The second kappa shape index (κ2) is 6.71. The van der Waals surface area contributed by atoms with E-state index in [9.17, 15) is 13.9 Å². The van der Waals surface area contributed by atoms with Crippen molar-refractivity contribution in [3.63, 3.8) is 0 Å². The van der Waals surface area contributed by atoms with Crippen molar-refractivity contribution in [1.82, 2.24) is 4.98 Å². The van der Waals surface area contributed by atoms with Crippen molar-refractivity contribution in [2.24, 2.45) is 0 Å². The van der Waals surface area contributed by atoms with Gasteiger partial charge in [0, 0.05) is 23.1 Å². The van der Waals surface area contributed by atoms with Gasteiger partial charge in [-0.1, -0.05) is 42.5 Å². The molecule has 5 heteroatoms. The molecule has 0 amide bonds. The number of fused-ring (bicyclic) bond motifs is 1. The minimum Gasteiger partial charge on any atom is -0.392 e. The van der Waals surface area contributed by atoms with E-state index >= 15 is 0 Å². The highest BCUT2D eigenvalue weighted by Crippen LogP contribution is 2.22. The molecule has 0 radical (unpaired) electrons. The number of aliphatic hydroxyl groups is 1. The lowest BCUT2D eigenvalue weighted by molar-refractivity contribution is 0.151. The van der Waals surface area contributed by atoms with Crippen LogP contribution in [0.25, 0.3) is 10.9 Å². The molecule has 3 nitrogen and oxygen atoms in total. The van der Waals surface area contributed by atoms with Crippen molar-refractivity contribution in [2.75, 3.05) is 5.32 Å². The van der Waals surface area contributed by atoms with Crippen molar-refractivity contribution in [2.45, 2.75) is 19.6 Å². The second-order valence-electron chi connectivity index (χ2n) is 5.24. The summed E-state index contributed by atoms with van der Waals surface area (Å²) in [6.07, 6.45) is -2.46. The highest BCUT2D eigenvalue weighted by atomic mass is 19.3. The number of hydrogen-bond donors (Lipinski definition) is 2. The molecule has 1 heterocycles. The summed E-state index contributed by atoms with van der Waals surface area (Å²) in [6, 6.07) is 15.7. The van der Waals surface area contributed by atoms with E-state index < -0.39 is 6.43 Å². The van der Waals surface area contributed by atoms with E-state index in [1.807, 2.05) is 30.3 Å². The SMILES string of the molecule is OCc1cc2ccccc2nc1NCc1ccc(C(F)F)cc1. The second-order valence-corrected chi connectivity index (χ2v) is 5.24. The smallest absolute Gasteiger partial charge is 0.263 e. The first-order chi connectivity index (χ1) is 11.2.